The summed E-state index contributed by atoms with van der Waals surface area (Å²) >= 11 is 1.31. The summed E-state index contributed by atoms with van der Waals surface area (Å²) in [4.78, 5) is 17.1. The maximum Gasteiger partial charge on any atom is 0.244 e. The van der Waals surface area contributed by atoms with E-state index in [4.69, 9.17) is 4.74 Å². The fourth-order valence-electron chi connectivity index (χ4n) is 3.07. The predicted octanol–water partition coefficient (Wildman–Crippen LogP) is 3.63. The van der Waals surface area contributed by atoms with Crippen molar-refractivity contribution in [2.75, 3.05) is 20.2 Å². The van der Waals surface area contributed by atoms with Crippen molar-refractivity contribution in [2.24, 2.45) is 0 Å². The van der Waals surface area contributed by atoms with Gasteiger partial charge in [-0.15, -0.1) is 0 Å². The normalized spacial score (nSPS) is 16.5. The third-order valence-corrected chi connectivity index (χ3v) is 7.64. The molecule has 0 radical (unpaired) electrons. The molecule has 0 aliphatic carbocycles. The number of sulfonamides is 1. The lowest BCUT2D eigenvalue weighted by molar-refractivity contribution is 0.0994. The Balaban J connectivity index is 1.66. The molecule has 0 spiro atoms. The van der Waals surface area contributed by atoms with Crippen molar-refractivity contribution in [2.45, 2.75) is 41.4 Å². The molecule has 0 N–H and O–H groups in total. The van der Waals surface area contributed by atoms with Gasteiger partial charge in [0.05, 0.1) is 17.4 Å². The van der Waals surface area contributed by atoms with E-state index in [0.29, 0.717) is 29.4 Å². The first-order valence-corrected chi connectivity index (χ1v) is 11.5. The number of methoxy groups -OCH3 is 1. The standard InChI is InChI=1S/C20H24N2O4S2/c1-15(20(23)16-6-8-17(26-2)9-7-16)27-19-11-10-18(14-21-19)28(24,25)22-12-4-3-5-13-22/h6-11,14-15H,3-5,12-13H2,1-2H3/t15-/m0/s1. The van der Waals surface area contributed by atoms with Crippen LogP contribution in [0.5, 0.6) is 5.75 Å². The average molecular weight is 421 g/mol. The van der Waals surface area contributed by atoms with E-state index in [-0.39, 0.29) is 15.9 Å². The lowest BCUT2D eigenvalue weighted by Gasteiger charge is -2.25. The summed E-state index contributed by atoms with van der Waals surface area (Å²) in [6.07, 6.45) is 4.24. The van der Waals surface area contributed by atoms with Crippen molar-refractivity contribution in [1.29, 1.82) is 0 Å². The first-order chi connectivity index (χ1) is 13.4. The largest absolute Gasteiger partial charge is 0.497 e. The number of pyridine rings is 1. The zero-order valence-corrected chi connectivity index (χ0v) is 17.6. The zero-order chi connectivity index (χ0) is 20.1. The van der Waals surface area contributed by atoms with E-state index in [0.717, 1.165) is 19.3 Å². The van der Waals surface area contributed by atoms with E-state index in [1.807, 2.05) is 6.92 Å². The van der Waals surface area contributed by atoms with Gasteiger partial charge in [0.15, 0.2) is 5.78 Å². The minimum absolute atomic E-state index is 0.0144. The van der Waals surface area contributed by atoms with Crippen molar-refractivity contribution in [3.05, 3.63) is 48.2 Å². The molecule has 2 heterocycles. The highest BCUT2D eigenvalue weighted by Crippen LogP contribution is 2.26. The molecular weight excluding hydrogens is 396 g/mol. The van der Waals surface area contributed by atoms with E-state index in [1.165, 1.54) is 22.3 Å². The predicted molar refractivity (Wildman–Crippen MR) is 109 cm³/mol. The molecule has 3 rings (SSSR count). The fourth-order valence-corrected chi connectivity index (χ4v) is 5.40. The van der Waals surface area contributed by atoms with Crippen molar-refractivity contribution in [1.82, 2.24) is 9.29 Å². The summed E-state index contributed by atoms with van der Waals surface area (Å²) in [5, 5.41) is 0.275. The number of ether oxygens (including phenoxy) is 1. The molecule has 0 bridgehead atoms. The Hall–Kier alpha value is -1.90. The van der Waals surface area contributed by atoms with E-state index in [2.05, 4.69) is 4.98 Å². The SMILES string of the molecule is COc1ccc(C(=O)[C@H](C)Sc2ccc(S(=O)(=O)N3CCCCC3)cn2)cc1. The molecule has 8 heteroatoms. The molecule has 6 nitrogen and oxygen atoms in total. The number of Topliss-reactive ketones (excluding diaryl/α,β-unsaturated/α-hetero) is 1. The van der Waals surface area contributed by atoms with Gasteiger partial charge >= 0.3 is 0 Å². The Morgan fingerprint density at radius 1 is 1.11 bits per heavy atom. The van der Waals surface area contributed by atoms with Crippen LogP contribution in [0, 0.1) is 0 Å². The van der Waals surface area contributed by atoms with Crippen LogP contribution in [-0.4, -0.2) is 48.9 Å². The number of piperidine rings is 1. The smallest absolute Gasteiger partial charge is 0.244 e. The third-order valence-electron chi connectivity index (χ3n) is 4.70. The molecule has 1 aliphatic rings. The number of hydrogen-bond acceptors (Lipinski definition) is 6. The molecule has 1 saturated heterocycles. The molecular formula is C20H24N2O4S2. The second-order valence-electron chi connectivity index (χ2n) is 6.65. The molecule has 0 saturated carbocycles. The van der Waals surface area contributed by atoms with Crippen LogP contribution >= 0.6 is 11.8 Å². The van der Waals surface area contributed by atoms with Crippen LogP contribution in [0.3, 0.4) is 0 Å². The average Bonchev–Trinajstić information content (AvgIpc) is 2.74. The minimum Gasteiger partial charge on any atom is -0.497 e. The molecule has 2 aromatic rings. The first kappa shape index (κ1) is 20.8. The molecule has 1 atom stereocenters. The summed E-state index contributed by atoms with van der Waals surface area (Å²) in [6, 6.07) is 10.2. The second-order valence-corrected chi connectivity index (χ2v) is 9.95. The zero-order valence-electron chi connectivity index (χ0n) is 16.0. The second kappa shape index (κ2) is 9.07. The van der Waals surface area contributed by atoms with Gasteiger partial charge in [0, 0.05) is 24.8 Å². The number of hydrogen-bond donors (Lipinski definition) is 0. The first-order valence-electron chi connectivity index (χ1n) is 9.23. The molecule has 1 aromatic heterocycles. The van der Waals surface area contributed by atoms with Crippen molar-refractivity contribution < 1.29 is 17.9 Å². The van der Waals surface area contributed by atoms with E-state index in [1.54, 1.807) is 43.5 Å². The Morgan fingerprint density at radius 3 is 2.36 bits per heavy atom. The summed E-state index contributed by atoms with van der Waals surface area (Å²) < 4.78 is 32.0. The van der Waals surface area contributed by atoms with Crippen LogP contribution in [0.1, 0.15) is 36.5 Å². The lowest BCUT2D eigenvalue weighted by Crippen LogP contribution is -2.35. The fraction of sp³-hybridized carbons (Fsp3) is 0.400. The van der Waals surface area contributed by atoms with Crippen molar-refractivity contribution in [3.8, 4) is 5.75 Å². The quantitative estimate of drug-likeness (QED) is 0.503. The number of thioether (sulfide) groups is 1. The van der Waals surface area contributed by atoms with Gasteiger partial charge in [-0.2, -0.15) is 4.31 Å². The van der Waals surface area contributed by atoms with Crippen LogP contribution < -0.4 is 4.74 Å². The Morgan fingerprint density at radius 2 is 1.79 bits per heavy atom. The van der Waals surface area contributed by atoms with Gasteiger partial charge < -0.3 is 4.74 Å². The Bertz CT molecular complexity index is 906. The van der Waals surface area contributed by atoms with Crippen molar-refractivity contribution >= 4 is 27.6 Å². The van der Waals surface area contributed by atoms with Crippen LogP contribution in [0.2, 0.25) is 0 Å². The van der Waals surface area contributed by atoms with Crippen LogP contribution in [0.4, 0.5) is 0 Å². The minimum atomic E-state index is -3.49. The van der Waals surface area contributed by atoms with Gasteiger partial charge in [-0.3, -0.25) is 4.79 Å². The summed E-state index contributed by atoms with van der Waals surface area (Å²) in [7, 11) is -1.91. The summed E-state index contributed by atoms with van der Waals surface area (Å²) in [6.45, 7) is 2.94. The summed E-state index contributed by atoms with van der Waals surface area (Å²) in [5.74, 6) is 0.684. The Labute approximate surface area is 170 Å². The van der Waals surface area contributed by atoms with E-state index in [9.17, 15) is 13.2 Å². The third kappa shape index (κ3) is 4.74. The highest BCUT2D eigenvalue weighted by Gasteiger charge is 2.26. The van der Waals surface area contributed by atoms with Gasteiger partial charge in [-0.1, -0.05) is 18.2 Å². The topological polar surface area (TPSA) is 76.6 Å². The van der Waals surface area contributed by atoms with Crippen molar-refractivity contribution in [3.63, 3.8) is 0 Å². The maximum absolute atomic E-state index is 12.7. The number of rotatable bonds is 7. The van der Waals surface area contributed by atoms with Gasteiger partial charge in [0.1, 0.15) is 10.6 Å². The number of nitrogens with zero attached hydrogens (tertiary/aromatic N) is 2. The highest BCUT2D eigenvalue weighted by molar-refractivity contribution is 8.00. The molecule has 0 unspecified atom stereocenters. The van der Waals surface area contributed by atoms with Gasteiger partial charge in [0.25, 0.3) is 0 Å². The molecule has 1 aliphatic heterocycles. The number of carbonyl (C=O) groups excluding carboxylic acids is 1. The number of benzene rings is 1. The molecule has 1 aromatic carbocycles. The van der Waals surface area contributed by atoms with Gasteiger partial charge in [-0.05, 0) is 56.2 Å². The number of ketones is 1. The Kier molecular flexibility index (Phi) is 6.74. The molecule has 0 amide bonds. The lowest BCUT2D eigenvalue weighted by atomic mass is 10.1. The maximum atomic E-state index is 12.7. The van der Waals surface area contributed by atoms with E-state index >= 15 is 0 Å². The highest BCUT2D eigenvalue weighted by atomic mass is 32.2. The summed E-state index contributed by atoms with van der Waals surface area (Å²) in [5.41, 5.74) is 0.602. The van der Waals surface area contributed by atoms with Crippen LogP contribution in [-0.2, 0) is 10.0 Å². The number of aromatic nitrogens is 1. The van der Waals surface area contributed by atoms with E-state index < -0.39 is 10.0 Å². The molecule has 150 valence electrons. The van der Waals surface area contributed by atoms with Crippen LogP contribution in [0.15, 0.2) is 52.5 Å². The number of carbonyl (C=O) groups is 1. The molecule has 28 heavy (non-hydrogen) atoms. The van der Waals surface area contributed by atoms with Crippen LogP contribution in [0.25, 0.3) is 0 Å². The molecule has 1 fully saturated rings. The van der Waals surface area contributed by atoms with Gasteiger partial charge in [-0.25, -0.2) is 13.4 Å². The monoisotopic (exact) mass is 420 g/mol. The van der Waals surface area contributed by atoms with Gasteiger partial charge in [0.2, 0.25) is 10.0 Å².